The second kappa shape index (κ2) is 7.07. The monoisotopic (exact) mass is 235 g/mol. The number of hydrogen-bond acceptors (Lipinski definition) is 5. The lowest BCUT2D eigenvalue weighted by Crippen LogP contribution is -2.39. The summed E-state index contributed by atoms with van der Waals surface area (Å²) in [5.74, 6) is -1.49. The molecule has 0 unspecified atom stereocenters. The van der Waals surface area contributed by atoms with E-state index in [-0.39, 0.29) is 11.5 Å². The van der Waals surface area contributed by atoms with Crippen LogP contribution in [0, 0.1) is 0 Å². The van der Waals surface area contributed by atoms with Crippen molar-refractivity contribution in [3.05, 3.63) is 0 Å². The summed E-state index contributed by atoms with van der Waals surface area (Å²) in [5.41, 5.74) is 5.20. The Hall–Kier alpha value is -1.28. The molecule has 3 amide bonds. The number of nitrogens with two attached hydrogens (primary N) is 1. The number of hydrogen-bond donors (Lipinski definition) is 4. The van der Waals surface area contributed by atoms with Gasteiger partial charge < -0.3 is 16.2 Å². The van der Waals surface area contributed by atoms with Crippen molar-refractivity contribution in [2.75, 3.05) is 18.6 Å². The van der Waals surface area contributed by atoms with Gasteiger partial charge in [-0.05, 0) is 0 Å². The first-order valence-electron chi connectivity index (χ1n) is 4.05. The highest BCUT2D eigenvalue weighted by Crippen LogP contribution is 2.01. The molecule has 0 bridgehead atoms. The molecule has 8 heteroatoms. The molecule has 7 nitrogen and oxygen atoms in total. The van der Waals surface area contributed by atoms with Crippen molar-refractivity contribution < 1.29 is 19.5 Å². The van der Waals surface area contributed by atoms with Crippen LogP contribution in [-0.2, 0) is 9.59 Å². The van der Waals surface area contributed by atoms with E-state index in [1.165, 1.54) is 7.05 Å². The number of aliphatic carboxylic acids is 1. The van der Waals surface area contributed by atoms with Gasteiger partial charge in [0.25, 0.3) is 0 Å². The molecule has 0 spiro atoms. The number of carboxylic acid groups (broad SMARTS) is 1. The number of carbonyl (C=O) groups excluding carboxylic acids is 2. The van der Waals surface area contributed by atoms with Crippen LogP contribution in [-0.4, -0.2) is 47.6 Å². The number of amides is 3. The lowest BCUT2D eigenvalue weighted by Gasteiger charge is -2.05. The van der Waals surface area contributed by atoms with Gasteiger partial charge in [-0.3, -0.25) is 14.9 Å². The Labute approximate surface area is 90.8 Å². The van der Waals surface area contributed by atoms with Crippen molar-refractivity contribution in [3.63, 3.8) is 0 Å². The lowest BCUT2D eigenvalue weighted by atomic mass is 10.4. The van der Waals surface area contributed by atoms with E-state index in [0.717, 1.165) is 11.8 Å². The smallest absolute Gasteiger partial charge is 0.321 e. The van der Waals surface area contributed by atoms with Gasteiger partial charge in [0.05, 0.1) is 5.75 Å². The van der Waals surface area contributed by atoms with Crippen LogP contribution in [0.4, 0.5) is 4.79 Å². The number of thioether (sulfide) groups is 1. The molecule has 1 atom stereocenters. The fraction of sp³-hybridized carbons (Fsp3) is 0.571. The number of carboxylic acids is 1. The molecule has 0 heterocycles. The maximum Gasteiger partial charge on any atom is 0.321 e. The van der Waals surface area contributed by atoms with Crippen molar-refractivity contribution in [1.82, 2.24) is 10.6 Å². The summed E-state index contributed by atoms with van der Waals surface area (Å²) in [7, 11) is 1.39. The maximum atomic E-state index is 11.0. The minimum Gasteiger partial charge on any atom is -0.480 e. The summed E-state index contributed by atoms with van der Waals surface area (Å²) >= 11 is 1.05. The number of imide groups is 1. The van der Waals surface area contributed by atoms with E-state index in [9.17, 15) is 14.4 Å². The predicted molar refractivity (Wildman–Crippen MR) is 55.5 cm³/mol. The number of carbonyl (C=O) groups is 3. The Bertz CT molecular complexity index is 259. The molecule has 0 aromatic rings. The molecule has 0 radical (unpaired) electrons. The molecule has 0 aliphatic carbocycles. The third kappa shape index (κ3) is 6.75. The van der Waals surface area contributed by atoms with Crippen LogP contribution in [0.5, 0.6) is 0 Å². The zero-order valence-electron chi connectivity index (χ0n) is 8.15. The van der Waals surface area contributed by atoms with Crippen molar-refractivity contribution in [2.24, 2.45) is 5.73 Å². The van der Waals surface area contributed by atoms with E-state index in [2.05, 4.69) is 5.32 Å². The van der Waals surface area contributed by atoms with Gasteiger partial charge in [-0.15, -0.1) is 11.8 Å². The average molecular weight is 235 g/mol. The van der Waals surface area contributed by atoms with Gasteiger partial charge in [0.15, 0.2) is 0 Å². The van der Waals surface area contributed by atoms with E-state index in [4.69, 9.17) is 10.8 Å². The lowest BCUT2D eigenvalue weighted by molar-refractivity contribution is -0.138. The zero-order valence-corrected chi connectivity index (χ0v) is 8.97. The van der Waals surface area contributed by atoms with Gasteiger partial charge in [0.2, 0.25) is 5.91 Å². The van der Waals surface area contributed by atoms with Gasteiger partial charge in [0.1, 0.15) is 6.04 Å². The first-order valence-corrected chi connectivity index (χ1v) is 5.20. The number of urea groups is 1. The first kappa shape index (κ1) is 13.7. The standard InChI is InChI=1S/C7H13N3O4S/c1-9-7(14)10-5(11)3-15-2-4(8)6(12)13/h4H,2-3,8H2,1H3,(H,12,13)(H2,9,10,11,14)/t4-/m1/s1. The summed E-state index contributed by atoms with van der Waals surface area (Å²) < 4.78 is 0. The molecule has 0 saturated carbocycles. The van der Waals surface area contributed by atoms with Gasteiger partial charge in [0, 0.05) is 12.8 Å². The minimum absolute atomic E-state index is 0.00556. The van der Waals surface area contributed by atoms with Gasteiger partial charge in [-0.1, -0.05) is 0 Å². The van der Waals surface area contributed by atoms with E-state index < -0.39 is 23.9 Å². The van der Waals surface area contributed by atoms with Crippen molar-refractivity contribution in [1.29, 1.82) is 0 Å². The van der Waals surface area contributed by atoms with Crippen LogP contribution in [0.1, 0.15) is 0 Å². The molecule has 86 valence electrons. The van der Waals surface area contributed by atoms with E-state index in [0.29, 0.717) is 0 Å². The maximum absolute atomic E-state index is 11.0. The molecule has 0 aromatic carbocycles. The van der Waals surface area contributed by atoms with E-state index in [1.807, 2.05) is 5.32 Å². The fourth-order valence-electron chi connectivity index (χ4n) is 0.575. The molecule has 0 saturated heterocycles. The Morgan fingerprint density at radius 1 is 1.47 bits per heavy atom. The first-order chi connectivity index (χ1) is 6.97. The number of nitrogens with one attached hydrogen (secondary N) is 2. The molecule has 0 aliphatic heterocycles. The highest BCUT2D eigenvalue weighted by molar-refractivity contribution is 8.00. The summed E-state index contributed by atoms with van der Waals surface area (Å²) in [6, 6.07) is -1.59. The summed E-state index contributed by atoms with van der Waals surface area (Å²) in [5, 5.41) is 12.7. The summed E-state index contributed by atoms with van der Waals surface area (Å²) in [4.78, 5) is 31.9. The molecule has 0 aromatic heterocycles. The van der Waals surface area contributed by atoms with Crippen LogP contribution in [0.2, 0.25) is 0 Å². The van der Waals surface area contributed by atoms with Gasteiger partial charge >= 0.3 is 12.0 Å². The minimum atomic E-state index is -1.12. The Balaban J connectivity index is 3.64. The van der Waals surface area contributed by atoms with Crippen LogP contribution >= 0.6 is 11.8 Å². The predicted octanol–water partition coefficient (Wildman–Crippen LogP) is -1.41. The molecular weight excluding hydrogens is 222 g/mol. The average Bonchev–Trinajstić information content (AvgIpc) is 2.17. The third-order valence-electron chi connectivity index (χ3n) is 1.33. The largest absolute Gasteiger partial charge is 0.480 e. The van der Waals surface area contributed by atoms with Crippen molar-refractivity contribution in [3.8, 4) is 0 Å². The Morgan fingerprint density at radius 2 is 2.07 bits per heavy atom. The second-order valence-corrected chi connectivity index (χ2v) is 3.62. The highest BCUT2D eigenvalue weighted by Gasteiger charge is 2.12. The molecule has 5 N–H and O–H groups in total. The normalized spacial score (nSPS) is 11.6. The molecule has 0 rings (SSSR count). The van der Waals surface area contributed by atoms with Crippen LogP contribution < -0.4 is 16.4 Å². The summed E-state index contributed by atoms with van der Waals surface area (Å²) in [6.07, 6.45) is 0. The van der Waals surface area contributed by atoms with Crippen LogP contribution in [0.3, 0.4) is 0 Å². The molecule has 0 fully saturated rings. The fourth-order valence-corrected chi connectivity index (χ4v) is 1.35. The molecular formula is C7H13N3O4S. The van der Waals surface area contributed by atoms with Crippen molar-refractivity contribution in [2.45, 2.75) is 6.04 Å². The van der Waals surface area contributed by atoms with Gasteiger partial charge in [-0.25, -0.2) is 4.79 Å². The summed E-state index contributed by atoms with van der Waals surface area (Å²) in [6.45, 7) is 0. The topological polar surface area (TPSA) is 122 Å². The Morgan fingerprint density at radius 3 is 2.53 bits per heavy atom. The van der Waals surface area contributed by atoms with E-state index >= 15 is 0 Å². The van der Waals surface area contributed by atoms with Crippen molar-refractivity contribution >= 4 is 29.7 Å². The van der Waals surface area contributed by atoms with Crippen LogP contribution in [0.25, 0.3) is 0 Å². The van der Waals surface area contributed by atoms with Gasteiger partial charge in [-0.2, -0.15) is 0 Å². The van der Waals surface area contributed by atoms with Crippen LogP contribution in [0.15, 0.2) is 0 Å². The Kier molecular flexibility index (Phi) is 6.47. The highest BCUT2D eigenvalue weighted by atomic mass is 32.2. The second-order valence-electron chi connectivity index (χ2n) is 2.59. The number of rotatable bonds is 5. The third-order valence-corrected chi connectivity index (χ3v) is 2.39. The zero-order chi connectivity index (χ0) is 11.8. The SMILES string of the molecule is CNC(=O)NC(=O)CSC[C@@H](N)C(=O)O. The molecule has 0 aliphatic rings. The quantitative estimate of drug-likeness (QED) is 0.464. The van der Waals surface area contributed by atoms with E-state index in [1.54, 1.807) is 0 Å². The molecule has 15 heavy (non-hydrogen) atoms.